The van der Waals surface area contributed by atoms with Gasteiger partial charge in [-0.25, -0.2) is 0 Å². The van der Waals surface area contributed by atoms with Gasteiger partial charge in [0, 0.05) is 12.7 Å². The number of nitrogens with one attached hydrogen (secondary N) is 1. The Bertz CT molecular complexity index is 655. The fourth-order valence-corrected chi connectivity index (χ4v) is 2.34. The average Bonchev–Trinajstić information content (AvgIpc) is 3.28. The molecule has 0 radical (unpaired) electrons. The van der Waals surface area contributed by atoms with Crippen molar-refractivity contribution in [2.45, 2.75) is 18.9 Å². The Balaban J connectivity index is 1.92. The molecule has 2 N–H and O–H groups in total. The van der Waals surface area contributed by atoms with E-state index in [0.717, 1.165) is 12.8 Å². The minimum atomic E-state index is -0.445. The molecule has 3 rings (SSSR count). The molecule has 20 heavy (non-hydrogen) atoms. The fraction of sp³-hybridized carbons (Fsp3) is 0.357. The molecule has 1 fully saturated rings. The Morgan fingerprint density at radius 1 is 1.45 bits per heavy atom. The molecule has 2 aromatic rings. The quantitative estimate of drug-likeness (QED) is 0.644. The molecule has 1 aliphatic rings. The topological polar surface area (TPSA) is 88.3 Å². The van der Waals surface area contributed by atoms with Crippen LogP contribution in [0.4, 0.5) is 11.4 Å². The summed E-state index contributed by atoms with van der Waals surface area (Å²) in [5, 5.41) is 24.6. The first kappa shape index (κ1) is 12.8. The number of hydrogen-bond donors (Lipinski definition) is 2. The van der Waals surface area contributed by atoms with Crippen molar-refractivity contribution < 1.29 is 10.0 Å². The van der Waals surface area contributed by atoms with Crippen LogP contribution in [0.1, 0.15) is 12.8 Å². The molecule has 1 atom stereocenters. The smallest absolute Gasteiger partial charge is 0.301 e. The van der Waals surface area contributed by atoms with E-state index < -0.39 is 11.0 Å². The number of nitrogens with zero attached hydrogens (tertiary/aromatic N) is 2. The molecular formula is C14H15N3O3. The van der Waals surface area contributed by atoms with Gasteiger partial charge in [-0.1, -0.05) is 0 Å². The molecule has 1 heterocycles. The van der Waals surface area contributed by atoms with Crippen LogP contribution in [0.25, 0.3) is 10.9 Å². The van der Waals surface area contributed by atoms with Crippen molar-refractivity contribution >= 4 is 22.3 Å². The van der Waals surface area contributed by atoms with Crippen LogP contribution in [-0.4, -0.2) is 27.7 Å². The summed E-state index contributed by atoms with van der Waals surface area (Å²) in [5.41, 5.74) is 1.03. The zero-order valence-corrected chi connectivity index (χ0v) is 10.8. The summed E-state index contributed by atoms with van der Waals surface area (Å²) in [6.45, 7) is 0.331. The first-order chi connectivity index (χ1) is 9.66. The minimum Gasteiger partial charge on any atom is -0.391 e. The third-order valence-electron chi connectivity index (χ3n) is 3.61. The van der Waals surface area contributed by atoms with Crippen molar-refractivity contribution in [3.8, 4) is 0 Å². The highest BCUT2D eigenvalue weighted by atomic mass is 16.6. The third-order valence-corrected chi connectivity index (χ3v) is 3.61. The number of hydrogen-bond acceptors (Lipinski definition) is 5. The van der Waals surface area contributed by atoms with Crippen molar-refractivity contribution in [1.29, 1.82) is 0 Å². The summed E-state index contributed by atoms with van der Waals surface area (Å²) in [4.78, 5) is 15.0. The number of nitro benzene ring substituents is 1. The van der Waals surface area contributed by atoms with Crippen LogP contribution in [0, 0.1) is 16.0 Å². The lowest BCUT2D eigenvalue weighted by molar-refractivity contribution is -0.382. The molecule has 1 saturated carbocycles. The lowest BCUT2D eigenvalue weighted by atomic mass is 10.1. The Labute approximate surface area is 115 Å². The van der Waals surface area contributed by atoms with Gasteiger partial charge in [-0.05, 0) is 43.0 Å². The lowest BCUT2D eigenvalue weighted by Gasteiger charge is -2.12. The zero-order valence-electron chi connectivity index (χ0n) is 10.8. The molecule has 0 aliphatic heterocycles. The summed E-state index contributed by atoms with van der Waals surface area (Å²) in [6.07, 6.45) is 3.23. The molecule has 6 nitrogen and oxygen atoms in total. The third kappa shape index (κ3) is 2.42. The van der Waals surface area contributed by atoms with Gasteiger partial charge in [-0.3, -0.25) is 15.1 Å². The van der Waals surface area contributed by atoms with Gasteiger partial charge < -0.3 is 10.4 Å². The highest BCUT2D eigenvalue weighted by Gasteiger charge is 2.30. The Morgan fingerprint density at radius 2 is 2.25 bits per heavy atom. The highest BCUT2D eigenvalue weighted by Crippen LogP contribution is 2.35. The van der Waals surface area contributed by atoms with Gasteiger partial charge in [-0.2, -0.15) is 0 Å². The molecule has 1 aromatic carbocycles. The van der Waals surface area contributed by atoms with Gasteiger partial charge in [0.25, 0.3) is 0 Å². The maximum atomic E-state index is 11.3. The summed E-state index contributed by atoms with van der Waals surface area (Å²) < 4.78 is 0. The highest BCUT2D eigenvalue weighted by molar-refractivity contribution is 5.94. The normalized spacial score (nSPS) is 16.1. The monoisotopic (exact) mass is 273 g/mol. The first-order valence-electron chi connectivity index (χ1n) is 6.61. The number of aromatic nitrogens is 1. The predicted octanol–water partition coefficient (Wildman–Crippen LogP) is 2.33. The number of pyridine rings is 1. The molecule has 0 unspecified atom stereocenters. The van der Waals surface area contributed by atoms with E-state index in [-0.39, 0.29) is 5.69 Å². The van der Waals surface area contributed by atoms with E-state index in [0.29, 0.717) is 29.1 Å². The van der Waals surface area contributed by atoms with E-state index in [4.69, 9.17) is 0 Å². The van der Waals surface area contributed by atoms with E-state index >= 15 is 0 Å². The SMILES string of the molecule is O=[N+]([O-])c1c(NC[C@@H](O)C2CC2)ccc2ncccc12. The molecule has 0 bridgehead atoms. The van der Waals surface area contributed by atoms with Crippen LogP contribution in [0.5, 0.6) is 0 Å². The number of rotatable bonds is 5. The molecule has 6 heteroatoms. The molecular weight excluding hydrogens is 258 g/mol. The second kappa shape index (κ2) is 5.05. The van der Waals surface area contributed by atoms with E-state index in [1.807, 2.05) is 0 Å². The van der Waals surface area contributed by atoms with Crippen molar-refractivity contribution in [3.05, 3.63) is 40.6 Å². The lowest BCUT2D eigenvalue weighted by Crippen LogP contribution is -2.21. The van der Waals surface area contributed by atoms with Gasteiger partial charge in [0.15, 0.2) is 0 Å². The summed E-state index contributed by atoms with van der Waals surface area (Å²) in [6, 6.07) is 6.75. The van der Waals surface area contributed by atoms with Crippen molar-refractivity contribution in [2.75, 3.05) is 11.9 Å². The molecule has 1 aliphatic carbocycles. The first-order valence-corrected chi connectivity index (χ1v) is 6.61. The number of aliphatic hydroxyl groups excluding tert-OH is 1. The molecule has 0 amide bonds. The molecule has 104 valence electrons. The van der Waals surface area contributed by atoms with Gasteiger partial charge >= 0.3 is 5.69 Å². The second-order valence-electron chi connectivity index (χ2n) is 5.07. The van der Waals surface area contributed by atoms with Crippen LogP contribution < -0.4 is 5.32 Å². The van der Waals surface area contributed by atoms with Crippen LogP contribution >= 0.6 is 0 Å². The maximum absolute atomic E-state index is 11.3. The Hall–Kier alpha value is -2.21. The largest absolute Gasteiger partial charge is 0.391 e. The Kier molecular flexibility index (Phi) is 3.23. The van der Waals surface area contributed by atoms with Crippen LogP contribution in [0.2, 0.25) is 0 Å². The maximum Gasteiger partial charge on any atom is 0.301 e. The van der Waals surface area contributed by atoms with Gasteiger partial charge in [0.1, 0.15) is 5.69 Å². The fourth-order valence-electron chi connectivity index (χ4n) is 2.34. The molecule has 0 saturated heterocycles. The van der Waals surface area contributed by atoms with Gasteiger partial charge in [-0.15, -0.1) is 0 Å². The van der Waals surface area contributed by atoms with Gasteiger partial charge in [0.05, 0.1) is 21.9 Å². The van der Waals surface area contributed by atoms with Crippen LogP contribution in [-0.2, 0) is 0 Å². The van der Waals surface area contributed by atoms with Crippen molar-refractivity contribution in [1.82, 2.24) is 4.98 Å². The van der Waals surface area contributed by atoms with Crippen molar-refractivity contribution in [3.63, 3.8) is 0 Å². The zero-order chi connectivity index (χ0) is 14.1. The van der Waals surface area contributed by atoms with E-state index in [9.17, 15) is 15.2 Å². The van der Waals surface area contributed by atoms with E-state index in [1.165, 1.54) is 0 Å². The molecule has 1 aromatic heterocycles. The number of aliphatic hydroxyl groups is 1. The van der Waals surface area contributed by atoms with Gasteiger partial charge in [0.2, 0.25) is 0 Å². The second-order valence-corrected chi connectivity index (χ2v) is 5.07. The Morgan fingerprint density at radius 3 is 2.95 bits per heavy atom. The molecule has 0 spiro atoms. The number of nitro groups is 1. The number of anilines is 1. The van der Waals surface area contributed by atoms with Crippen LogP contribution in [0.3, 0.4) is 0 Å². The minimum absolute atomic E-state index is 0.0126. The van der Waals surface area contributed by atoms with E-state index in [1.54, 1.807) is 30.5 Å². The summed E-state index contributed by atoms with van der Waals surface area (Å²) in [7, 11) is 0. The summed E-state index contributed by atoms with van der Waals surface area (Å²) in [5.74, 6) is 0.337. The standard InChI is InChI=1S/C14H15N3O3/c18-13(9-3-4-9)8-16-12-6-5-11-10(2-1-7-15-11)14(12)17(19)20/h1-2,5-7,9,13,16,18H,3-4,8H2/t13-/m1/s1. The number of fused-ring (bicyclic) bond motifs is 1. The predicted molar refractivity (Wildman–Crippen MR) is 75.6 cm³/mol. The average molecular weight is 273 g/mol. The number of benzene rings is 1. The summed E-state index contributed by atoms with van der Waals surface area (Å²) >= 11 is 0. The van der Waals surface area contributed by atoms with Crippen LogP contribution in [0.15, 0.2) is 30.5 Å². The van der Waals surface area contributed by atoms with Crippen molar-refractivity contribution in [2.24, 2.45) is 5.92 Å². The van der Waals surface area contributed by atoms with E-state index in [2.05, 4.69) is 10.3 Å².